The minimum absolute atomic E-state index is 0.341. The van der Waals surface area contributed by atoms with E-state index in [1.165, 1.54) is 12.5 Å². The van der Waals surface area contributed by atoms with Gasteiger partial charge in [0.15, 0.2) is 0 Å². The number of furan rings is 1. The second kappa shape index (κ2) is 6.98. The van der Waals surface area contributed by atoms with Crippen molar-refractivity contribution >= 4 is 23.3 Å². The van der Waals surface area contributed by atoms with Crippen molar-refractivity contribution in [3.05, 3.63) is 53.4 Å². The Bertz CT molecular complexity index is 557. The summed E-state index contributed by atoms with van der Waals surface area (Å²) in [5, 5.41) is 15.7. The van der Waals surface area contributed by atoms with Crippen LogP contribution in [0.4, 0.5) is 10.5 Å². The number of nitrogens with one attached hydrogen (secondary N) is 2. The zero-order valence-electron chi connectivity index (χ0n) is 10.7. The van der Waals surface area contributed by atoms with Crippen molar-refractivity contribution in [3.63, 3.8) is 0 Å². The summed E-state index contributed by atoms with van der Waals surface area (Å²) in [5.74, 6) is 0. The molecule has 106 valence electrons. The first kappa shape index (κ1) is 14.4. The predicted molar refractivity (Wildman–Crippen MR) is 76.8 cm³/mol. The van der Waals surface area contributed by atoms with E-state index in [0.29, 0.717) is 29.2 Å². The van der Waals surface area contributed by atoms with Gasteiger partial charge in [0.1, 0.15) is 0 Å². The van der Waals surface area contributed by atoms with Gasteiger partial charge in [0, 0.05) is 22.8 Å². The zero-order valence-corrected chi connectivity index (χ0v) is 11.4. The molecule has 3 N–H and O–H groups in total. The molecule has 0 aliphatic carbocycles. The number of aliphatic hydroxyl groups is 1. The van der Waals surface area contributed by atoms with Crippen LogP contribution in [0, 0.1) is 0 Å². The van der Waals surface area contributed by atoms with Crippen molar-refractivity contribution < 1.29 is 14.3 Å². The third-order valence-electron chi connectivity index (χ3n) is 2.71. The maximum absolute atomic E-state index is 11.6. The van der Waals surface area contributed by atoms with Crippen molar-refractivity contribution in [3.8, 4) is 0 Å². The van der Waals surface area contributed by atoms with E-state index < -0.39 is 6.10 Å². The van der Waals surface area contributed by atoms with Crippen LogP contribution in [-0.4, -0.2) is 17.7 Å². The Morgan fingerprint density at radius 3 is 2.95 bits per heavy atom. The Hall–Kier alpha value is -1.98. The van der Waals surface area contributed by atoms with Gasteiger partial charge in [0.2, 0.25) is 0 Å². The van der Waals surface area contributed by atoms with Gasteiger partial charge in [-0.15, -0.1) is 0 Å². The van der Waals surface area contributed by atoms with E-state index >= 15 is 0 Å². The number of urea groups is 1. The molecule has 0 bridgehead atoms. The van der Waals surface area contributed by atoms with E-state index in [4.69, 9.17) is 16.0 Å². The Labute approximate surface area is 121 Å². The number of anilines is 1. The van der Waals surface area contributed by atoms with E-state index in [2.05, 4.69) is 10.6 Å². The standard InChI is InChI=1S/C14H15ClN2O3/c15-11-2-1-3-12(8-11)17-14(19)16-6-4-13(18)10-5-7-20-9-10/h1-3,5,7-9,13,18H,4,6H2,(H2,16,17,19)/t13-/m1/s1. The highest BCUT2D eigenvalue weighted by atomic mass is 35.5. The van der Waals surface area contributed by atoms with Crippen molar-refractivity contribution in [1.82, 2.24) is 5.32 Å². The quantitative estimate of drug-likeness (QED) is 0.793. The lowest BCUT2D eigenvalue weighted by molar-refractivity contribution is 0.166. The van der Waals surface area contributed by atoms with Gasteiger partial charge in [-0.2, -0.15) is 0 Å². The Kier molecular flexibility index (Phi) is 5.03. The Balaban J connectivity index is 1.73. The number of halogens is 1. The number of carbonyl (C=O) groups excluding carboxylic acids is 1. The molecule has 0 radical (unpaired) electrons. The second-order valence-electron chi connectivity index (χ2n) is 4.25. The highest BCUT2D eigenvalue weighted by Gasteiger charge is 2.09. The largest absolute Gasteiger partial charge is 0.472 e. The molecule has 1 aromatic carbocycles. The van der Waals surface area contributed by atoms with Crippen LogP contribution in [0.5, 0.6) is 0 Å². The lowest BCUT2D eigenvalue weighted by Gasteiger charge is -2.10. The zero-order chi connectivity index (χ0) is 14.4. The average Bonchev–Trinajstić information content (AvgIpc) is 2.92. The molecule has 1 heterocycles. The summed E-state index contributed by atoms with van der Waals surface area (Å²) < 4.78 is 4.88. The highest BCUT2D eigenvalue weighted by Crippen LogP contribution is 2.16. The number of hydrogen-bond acceptors (Lipinski definition) is 3. The SMILES string of the molecule is O=C(NCC[C@@H](O)c1ccoc1)Nc1cccc(Cl)c1. The van der Waals surface area contributed by atoms with Crippen molar-refractivity contribution in [2.75, 3.05) is 11.9 Å². The molecule has 0 aliphatic heterocycles. The van der Waals surface area contributed by atoms with Crippen molar-refractivity contribution in [2.24, 2.45) is 0 Å². The summed E-state index contributed by atoms with van der Waals surface area (Å²) in [6.07, 6.45) is 2.73. The third-order valence-corrected chi connectivity index (χ3v) is 2.95. The van der Waals surface area contributed by atoms with Crippen LogP contribution in [-0.2, 0) is 0 Å². The van der Waals surface area contributed by atoms with E-state index in [1.807, 2.05) is 0 Å². The molecule has 20 heavy (non-hydrogen) atoms. The van der Waals surface area contributed by atoms with Gasteiger partial charge in [-0.25, -0.2) is 4.79 Å². The fourth-order valence-electron chi connectivity index (χ4n) is 1.70. The van der Waals surface area contributed by atoms with E-state index in [-0.39, 0.29) is 6.03 Å². The number of amides is 2. The molecule has 2 aromatic rings. The summed E-state index contributed by atoms with van der Waals surface area (Å²) >= 11 is 5.82. The monoisotopic (exact) mass is 294 g/mol. The first-order valence-corrected chi connectivity index (χ1v) is 6.53. The Morgan fingerprint density at radius 1 is 1.40 bits per heavy atom. The second-order valence-corrected chi connectivity index (χ2v) is 4.69. The molecule has 0 spiro atoms. The minimum Gasteiger partial charge on any atom is -0.472 e. The van der Waals surface area contributed by atoms with Crippen molar-refractivity contribution in [1.29, 1.82) is 0 Å². The number of benzene rings is 1. The van der Waals surface area contributed by atoms with E-state index in [0.717, 1.165) is 0 Å². The molecule has 1 aromatic heterocycles. The molecular weight excluding hydrogens is 280 g/mol. The molecule has 2 rings (SSSR count). The van der Waals surface area contributed by atoms with Gasteiger partial charge in [-0.3, -0.25) is 0 Å². The van der Waals surface area contributed by atoms with Gasteiger partial charge in [-0.05, 0) is 30.7 Å². The summed E-state index contributed by atoms with van der Waals surface area (Å²) in [4.78, 5) is 11.6. The number of hydrogen-bond donors (Lipinski definition) is 3. The van der Waals surface area contributed by atoms with Gasteiger partial charge >= 0.3 is 6.03 Å². The molecule has 2 amide bonds. The van der Waals surface area contributed by atoms with Gasteiger partial charge in [-0.1, -0.05) is 17.7 Å². The molecule has 0 aliphatic rings. The molecule has 0 saturated heterocycles. The van der Waals surface area contributed by atoms with Crippen LogP contribution < -0.4 is 10.6 Å². The highest BCUT2D eigenvalue weighted by molar-refractivity contribution is 6.30. The Morgan fingerprint density at radius 2 is 2.25 bits per heavy atom. The first-order chi connectivity index (χ1) is 9.65. The molecular formula is C14H15ClN2O3. The lowest BCUT2D eigenvalue weighted by Crippen LogP contribution is -2.30. The predicted octanol–water partition coefficient (Wildman–Crippen LogP) is 3.18. The van der Waals surface area contributed by atoms with Crippen LogP contribution in [0.15, 0.2) is 47.3 Å². The number of carbonyl (C=O) groups is 1. The molecule has 0 saturated carbocycles. The summed E-state index contributed by atoms with van der Waals surface area (Å²) in [5.41, 5.74) is 1.31. The smallest absolute Gasteiger partial charge is 0.319 e. The van der Waals surface area contributed by atoms with Crippen LogP contribution in [0.2, 0.25) is 5.02 Å². The molecule has 6 heteroatoms. The van der Waals surface area contributed by atoms with Crippen molar-refractivity contribution in [2.45, 2.75) is 12.5 Å². The minimum atomic E-state index is -0.653. The summed E-state index contributed by atoms with van der Waals surface area (Å²) in [7, 11) is 0. The van der Waals surface area contributed by atoms with Crippen LogP contribution in [0.1, 0.15) is 18.1 Å². The maximum Gasteiger partial charge on any atom is 0.319 e. The van der Waals surface area contributed by atoms with E-state index in [9.17, 15) is 9.90 Å². The summed E-state index contributed by atoms with van der Waals surface area (Å²) in [6.45, 7) is 0.346. The summed E-state index contributed by atoms with van der Waals surface area (Å²) in [6, 6.07) is 8.22. The number of rotatable bonds is 5. The van der Waals surface area contributed by atoms with Gasteiger partial charge < -0.3 is 20.2 Å². The third kappa shape index (κ3) is 4.29. The maximum atomic E-state index is 11.6. The molecule has 5 nitrogen and oxygen atoms in total. The molecule has 0 unspecified atom stereocenters. The van der Waals surface area contributed by atoms with Crippen LogP contribution in [0.3, 0.4) is 0 Å². The van der Waals surface area contributed by atoms with E-state index in [1.54, 1.807) is 30.3 Å². The fourth-order valence-corrected chi connectivity index (χ4v) is 1.89. The number of aliphatic hydroxyl groups excluding tert-OH is 1. The molecule has 0 fully saturated rings. The average molecular weight is 295 g/mol. The molecule has 1 atom stereocenters. The van der Waals surface area contributed by atoms with Crippen LogP contribution >= 0.6 is 11.6 Å². The van der Waals surface area contributed by atoms with Crippen LogP contribution in [0.25, 0.3) is 0 Å². The normalized spacial score (nSPS) is 11.9. The fraction of sp³-hybridized carbons (Fsp3) is 0.214. The topological polar surface area (TPSA) is 74.5 Å². The lowest BCUT2D eigenvalue weighted by atomic mass is 10.1. The van der Waals surface area contributed by atoms with Gasteiger partial charge in [0.05, 0.1) is 18.6 Å². The first-order valence-electron chi connectivity index (χ1n) is 6.16. The van der Waals surface area contributed by atoms with Gasteiger partial charge in [0.25, 0.3) is 0 Å².